The molecule has 0 radical (unpaired) electrons. The summed E-state index contributed by atoms with van der Waals surface area (Å²) in [4.78, 5) is 37.8. The second-order valence-electron chi connectivity index (χ2n) is 11.2. The molecular weight excluding hydrogens is 416 g/mol. The van der Waals surface area contributed by atoms with Gasteiger partial charge in [0, 0.05) is 37.2 Å². The van der Waals surface area contributed by atoms with Crippen LogP contribution in [0.15, 0.2) is 12.2 Å². The first kappa shape index (κ1) is 23.4. The highest BCUT2D eigenvalue weighted by Crippen LogP contribution is 2.72. The van der Waals surface area contributed by atoms with E-state index in [2.05, 4.69) is 20.4 Å². The second kappa shape index (κ2) is 6.87. The predicted molar refractivity (Wildman–Crippen MR) is 112 cm³/mol. The molecular formula is C24H34O8. The number of aliphatic hydroxyl groups is 3. The molecule has 0 saturated heterocycles. The van der Waals surface area contributed by atoms with Crippen LogP contribution in [0.2, 0.25) is 0 Å². The molecule has 0 aromatic rings. The molecule has 4 saturated carbocycles. The Balaban J connectivity index is 2.00. The normalized spacial score (nSPS) is 49.1. The largest absolute Gasteiger partial charge is 0.462 e. The monoisotopic (exact) mass is 450 g/mol. The number of esters is 2. The molecule has 4 fully saturated rings. The molecule has 4 aliphatic carbocycles. The van der Waals surface area contributed by atoms with Gasteiger partial charge in [-0.15, -0.1) is 0 Å². The molecule has 8 nitrogen and oxygen atoms in total. The van der Waals surface area contributed by atoms with E-state index in [0.29, 0.717) is 6.42 Å². The third kappa shape index (κ3) is 2.63. The van der Waals surface area contributed by atoms with Gasteiger partial charge >= 0.3 is 11.9 Å². The van der Waals surface area contributed by atoms with Gasteiger partial charge in [-0.25, -0.2) is 0 Å². The van der Waals surface area contributed by atoms with Gasteiger partial charge in [-0.2, -0.15) is 0 Å². The Labute approximate surface area is 188 Å². The SMILES string of the molecule is C=C1C(=O)[C@@]23[C@H](O)C[C@@H]4C(C)(C)CC[C@@H](OC(C)=O)[C@@]4(C)[C@@H]2[C@@H](OC(C)=O)C[C@]1(O)[C@H]3O. The van der Waals surface area contributed by atoms with Gasteiger partial charge in [-0.3, -0.25) is 14.4 Å². The average molecular weight is 451 g/mol. The summed E-state index contributed by atoms with van der Waals surface area (Å²) < 4.78 is 11.5. The van der Waals surface area contributed by atoms with E-state index in [-0.39, 0.29) is 29.7 Å². The minimum atomic E-state index is -2.00. The first-order valence-electron chi connectivity index (χ1n) is 11.3. The van der Waals surface area contributed by atoms with Gasteiger partial charge in [0.1, 0.15) is 23.9 Å². The molecule has 0 unspecified atom stereocenters. The summed E-state index contributed by atoms with van der Waals surface area (Å²) >= 11 is 0. The van der Waals surface area contributed by atoms with E-state index in [1.807, 2.05) is 6.92 Å². The maximum absolute atomic E-state index is 13.7. The molecule has 4 aliphatic rings. The van der Waals surface area contributed by atoms with E-state index in [1.165, 1.54) is 13.8 Å². The quantitative estimate of drug-likeness (QED) is 0.424. The molecule has 0 aliphatic heterocycles. The molecule has 0 amide bonds. The molecule has 32 heavy (non-hydrogen) atoms. The third-order valence-electron chi connectivity index (χ3n) is 9.24. The molecule has 1 spiro atoms. The van der Waals surface area contributed by atoms with Gasteiger partial charge in [0.05, 0.1) is 11.5 Å². The third-order valence-corrected chi connectivity index (χ3v) is 9.24. The Kier molecular flexibility index (Phi) is 5.02. The van der Waals surface area contributed by atoms with Crippen molar-refractivity contribution in [3.8, 4) is 0 Å². The average Bonchev–Trinajstić information content (AvgIpc) is 2.75. The fourth-order valence-corrected chi connectivity index (χ4v) is 8.05. The van der Waals surface area contributed by atoms with E-state index in [9.17, 15) is 29.7 Å². The smallest absolute Gasteiger partial charge is 0.302 e. The van der Waals surface area contributed by atoms with Crippen molar-refractivity contribution in [1.29, 1.82) is 0 Å². The molecule has 8 heteroatoms. The molecule has 0 heterocycles. The summed E-state index contributed by atoms with van der Waals surface area (Å²) in [6.07, 6.45) is -3.24. The van der Waals surface area contributed by atoms with Gasteiger partial charge < -0.3 is 24.8 Å². The molecule has 0 aromatic carbocycles. The van der Waals surface area contributed by atoms with Crippen LogP contribution in [0, 0.1) is 28.1 Å². The van der Waals surface area contributed by atoms with Gasteiger partial charge in [0.2, 0.25) is 0 Å². The Morgan fingerprint density at radius 2 is 1.69 bits per heavy atom. The van der Waals surface area contributed by atoms with Gasteiger partial charge in [-0.05, 0) is 30.6 Å². The zero-order valence-corrected chi connectivity index (χ0v) is 19.4. The minimum absolute atomic E-state index is 0.176. The Hall–Kier alpha value is -1.77. The fourth-order valence-electron chi connectivity index (χ4n) is 8.05. The Bertz CT molecular complexity index is 894. The van der Waals surface area contributed by atoms with Crippen LogP contribution in [0.3, 0.4) is 0 Å². The van der Waals surface area contributed by atoms with E-state index in [0.717, 1.165) is 6.42 Å². The highest BCUT2D eigenvalue weighted by molar-refractivity contribution is 6.06. The van der Waals surface area contributed by atoms with Gasteiger partial charge in [0.15, 0.2) is 5.78 Å². The first-order chi connectivity index (χ1) is 14.6. The molecule has 3 N–H and O–H groups in total. The van der Waals surface area contributed by atoms with Crippen molar-refractivity contribution < 1.29 is 39.2 Å². The van der Waals surface area contributed by atoms with Crippen molar-refractivity contribution in [2.45, 2.75) is 90.3 Å². The standard InChI is InChI=1S/C24H34O8/c1-11-19(28)24-16(27)9-15-21(4,5)8-7-17(32-13(3)26)22(15,6)18(24)14(31-12(2)25)10-23(11,30)20(24)29/h14-18,20,27,29-30H,1,7-10H2,2-6H3/t14-,15+,16+,17+,18-,20+,22-,23+,24+/m0/s1. The first-order valence-corrected chi connectivity index (χ1v) is 11.3. The van der Waals surface area contributed by atoms with Crippen LogP contribution in [0.1, 0.15) is 60.3 Å². The molecule has 2 bridgehead atoms. The topological polar surface area (TPSA) is 130 Å². The zero-order valence-electron chi connectivity index (χ0n) is 19.4. The highest BCUT2D eigenvalue weighted by atomic mass is 16.6. The van der Waals surface area contributed by atoms with E-state index in [4.69, 9.17) is 9.47 Å². The minimum Gasteiger partial charge on any atom is -0.462 e. The maximum atomic E-state index is 13.7. The lowest BCUT2D eigenvalue weighted by molar-refractivity contribution is -0.294. The molecule has 4 rings (SSSR count). The predicted octanol–water partition coefficient (Wildman–Crippen LogP) is 1.29. The van der Waals surface area contributed by atoms with Crippen LogP contribution >= 0.6 is 0 Å². The second-order valence-corrected chi connectivity index (χ2v) is 11.2. The van der Waals surface area contributed by atoms with Gasteiger partial charge in [0.25, 0.3) is 0 Å². The summed E-state index contributed by atoms with van der Waals surface area (Å²) in [7, 11) is 0. The lowest BCUT2D eigenvalue weighted by Gasteiger charge is -2.67. The number of aliphatic hydroxyl groups excluding tert-OH is 2. The van der Waals surface area contributed by atoms with E-state index < -0.39 is 64.5 Å². The fraction of sp³-hybridized carbons (Fsp3) is 0.792. The number of fused-ring (bicyclic) bond motifs is 3. The van der Waals surface area contributed by atoms with Crippen LogP contribution < -0.4 is 0 Å². The lowest BCUT2D eigenvalue weighted by Crippen LogP contribution is -2.75. The number of carbonyl (C=O) groups is 3. The van der Waals surface area contributed by atoms with Crippen molar-refractivity contribution in [1.82, 2.24) is 0 Å². The number of carbonyl (C=O) groups excluding carboxylic acids is 3. The van der Waals surface area contributed by atoms with Crippen molar-refractivity contribution in [2.24, 2.45) is 28.1 Å². The molecule has 0 aromatic heterocycles. The van der Waals surface area contributed by atoms with Crippen molar-refractivity contribution >= 4 is 17.7 Å². The van der Waals surface area contributed by atoms with Crippen LogP contribution in [0.5, 0.6) is 0 Å². The summed E-state index contributed by atoms with van der Waals surface area (Å²) in [6, 6.07) is 0. The van der Waals surface area contributed by atoms with Crippen LogP contribution in [0.25, 0.3) is 0 Å². The molecule has 178 valence electrons. The van der Waals surface area contributed by atoms with Crippen molar-refractivity contribution in [2.75, 3.05) is 0 Å². The number of ether oxygens (including phenoxy) is 2. The number of ketones is 1. The number of hydrogen-bond acceptors (Lipinski definition) is 8. The van der Waals surface area contributed by atoms with Crippen molar-refractivity contribution in [3.63, 3.8) is 0 Å². The van der Waals surface area contributed by atoms with Crippen LogP contribution in [-0.4, -0.2) is 63.1 Å². The number of Topliss-reactive ketones (excluding diaryl/α,β-unsaturated/α-hetero) is 1. The maximum Gasteiger partial charge on any atom is 0.302 e. The molecule has 9 atom stereocenters. The van der Waals surface area contributed by atoms with E-state index in [1.54, 1.807) is 0 Å². The summed E-state index contributed by atoms with van der Waals surface area (Å²) in [5.74, 6) is -2.74. The summed E-state index contributed by atoms with van der Waals surface area (Å²) in [5, 5.41) is 34.2. The van der Waals surface area contributed by atoms with Crippen molar-refractivity contribution in [3.05, 3.63) is 12.2 Å². The summed E-state index contributed by atoms with van der Waals surface area (Å²) in [5.41, 5.74) is -5.16. The number of hydrogen-bond donors (Lipinski definition) is 3. The van der Waals surface area contributed by atoms with Crippen LogP contribution in [0.4, 0.5) is 0 Å². The zero-order chi connectivity index (χ0) is 24.0. The number of rotatable bonds is 2. The Morgan fingerprint density at radius 3 is 2.25 bits per heavy atom. The van der Waals surface area contributed by atoms with E-state index >= 15 is 0 Å². The highest BCUT2D eigenvalue weighted by Gasteiger charge is 2.81. The van der Waals surface area contributed by atoms with Crippen LogP contribution in [-0.2, 0) is 23.9 Å². The Morgan fingerprint density at radius 1 is 1.09 bits per heavy atom. The lowest BCUT2D eigenvalue weighted by atomic mass is 9.38. The van der Waals surface area contributed by atoms with Gasteiger partial charge in [-0.1, -0.05) is 27.4 Å². The summed E-state index contributed by atoms with van der Waals surface area (Å²) in [6.45, 7) is 12.4.